The number of para-hydroxylation sites is 2. The Morgan fingerprint density at radius 2 is 1.19 bits per heavy atom. The summed E-state index contributed by atoms with van der Waals surface area (Å²) >= 11 is 0. The van der Waals surface area contributed by atoms with Crippen molar-refractivity contribution in [2.75, 3.05) is 57.9 Å². The number of carbonyl (C=O) groups is 2. The summed E-state index contributed by atoms with van der Waals surface area (Å²) < 4.78 is 16.6. The fourth-order valence-electron chi connectivity index (χ4n) is 3.62. The third-order valence-corrected chi connectivity index (χ3v) is 5.58. The van der Waals surface area contributed by atoms with E-state index < -0.39 is 0 Å². The summed E-state index contributed by atoms with van der Waals surface area (Å²) in [6, 6.07) is 11.8. The molecule has 0 heterocycles. The van der Waals surface area contributed by atoms with Crippen LogP contribution in [-0.2, 0) is 19.1 Å². The number of ether oxygens (including phenoxy) is 3. The Kier molecular flexibility index (Phi) is 13.8. The first-order chi connectivity index (χ1) is 17.4. The number of amides is 1. The fraction of sp³-hybridized carbons (Fsp3) is 0.500. The normalized spacial score (nSPS) is 10.9. The van der Waals surface area contributed by atoms with E-state index in [9.17, 15) is 9.59 Å². The molecule has 0 aliphatic rings. The van der Waals surface area contributed by atoms with Crippen LogP contribution in [-0.4, -0.2) is 64.5 Å². The lowest BCUT2D eigenvalue weighted by molar-refractivity contribution is -0.133. The molecule has 36 heavy (non-hydrogen) atoms. The number of esters is 1. The molecule has 0 bridgehead atoms. The number of hydrogen-bond donors (Lipinski definition) is 3. The molecule has 0 radical (unpaired) electrons. The van der Waals surface area contributed by atoms with Crippen molar-refractivity contribution in [3.05, 3.63) is 58.7 Å². The van der Waals surface area contributed by atoms with Gasteiger partial charge in [-0.3, -0.25) is 9.59 Å². The van der Waals surface area contributed by atoms with Gasteiger partial charge in [-0.2, -0.15) is 0 Å². The second-order valence-electron chi connectivity index (χ2n) is 8.80. The van der Waals surface area contributed by atoms with Gasteiger partial charge in [-0.1, -0.05) is 36.4 Å². The molecule has 0 fully saturated rings. The van der Waals surface area contributed by atoms with Crippen LogP contribution in [0.15, 0.2) is 36.4 Å². The molecule has 198 valence electrons. The van der Waals surface area contributed by atoms with Gasteiger partial charge in [-0.05, 0) is 75.9 Å². The van der Waals surface area contributed by atoms with Gasteiger partial charge in [0.25, 0.3) is 0 Å². The van der Waals surface area contributed by atoms with E-state index in [1.807, 2.05) is 64.1 Å². The first-order valence-corrected chi connectivity index (χ1v) is 12.6. The molecule has 0 unspecified atom stereocenters. The molecule has 2 rings (SSSR count). The summed E-state index contributed by atoms with van der Waals surface area (Å²) in [5.41, 5.74) is 4.91. The van der Waals surface area contributed by atoms with E-state index in [4.69, 9.17) is 14.2 Å². The van der Waals surface area contributed by atoms with E-state index in [0.29, 0.717) is 45.3 Å². The second-order valence-corrected chi connectivity index (χ2v) is 8.80. The molecule has 0 aliphatic heterocycles. The summed E-state index contributed by atoms with van der Waals surface area (Å²) in [7, 11) is 0. The van der Waals surface area contributed by atoms with E-state index in [2.05, 4.69) is 16.0 Å². The summed E-state index contributed by atoms with van der Waals surface area (Å²) in [5, 5.41) is 9.18. The Bertz CT molecular complexity index is 846. The van der Waals surface area contributed by atoms with E-state index >= 15 is 0 Å². The van der Waals surface area contributed by atoms with Gasteiger partial charge in [0, 0.05) is 18.9 Å². The molecule has 0 atom stereocenters. The van der Waals surface area contributed by atoms with Crippen molar-refractivity contribution in [1.82, 2.24) is 10.6 Å². The molecule has 3 N–H and O–H groups in total. The lowest BCUT2D eigenvalue weighted by Gasteiger charge is -2.12. The first-order valence-electron chi connectivity index (χ1n) is 12.6. The number of benzene rings is 2. The van der Waals surface area contributed by atoms with Crippen molar-refractivity contribution in [2.45, 2.75) is 40.5 Å². The predicted octanol–water partition coefficient (Wildman–Crippen LogP) is 3.46. The van der Waals surface area contributed by atoms with Gasteiger partial charge >= 0.3 is 5.97 Å². The number of anilines is 1. The van der Waals surface area contributed by atoms with Gasteiger partial charge in [-0.15, -0.1) is 0 Å². The third kappa shape index (κ3) is 11.3. The molecule has 0 saturated carbocycles. The molecule has 1 amide bonds. The number of rotatable bonds is 17. The van der Waals surface area contributed by atoms with Crippen molar-refractivity contribution in [1.29, 1.82) is 0 Å². The van der Waals surface area contributed by atoms with Crippen LogP contribution in [0.3, 0.4) is 0 Å². The molecule has 8 nitrogen and oxygen atoms in total. The smallest absolute Gasteiger partial charge is 0.325 e. The Balaban J connectivity index is 1.37. The lowest BCUT2D eigenvalue weighted by atomic mass is 10.1. The molecule has 0 saturated heterocycles. The van der Waals surface area contributed by atoms with Crippen LogP contribution < -0.4 is 20.7 Å². The molecule has 8 heteroatoms. The van der Waals surface area contributed by atoms with Crippen LogP contribution in [0.25, 0.3) is 0 Å². The third-order valence-electron chi connectivity index (χ3n) is 5.58. The highest BCUT2D eigenvalue weighted by Crippen LogP contribution is 2.22. The van der Waals surface area contributed by atoms with E-state index in [1.165, 1.54) is 0 Å². The zero-order chi connectivity index (χ0) is 26.2. The van der Waals surface area contributed by atoms with Crippen LogP contribution in [0.4, 0.5) is 5.69 Å². The molecule has 0 spiro atoms. The zero-order valence-electron chi connectivity index (χ0n) is 22.1. The Morgan fingerprint density at radius 3 is 1.75 bits per heavy atom. The average molecular weight is 500 g/mol. The van der Waals surface area contributed by atoms with Crippen molar-refractivity contribution in [3.8, 4) is 5.75 Å². The van der Waals surface area contributed by atoms with Gasteiger partial charge in [0.2, 0.25) is 5.91 Å². The van der Waals surface area contributed by atoms with E-state index in [0.717, 1.165) is 40.8 Å². The van der Waals surface area contributed by atoms with Crippen molar-refractivity contribution < 1.29 is 23.8 Å². The van der Waals surface area contributed by atoms with Gasteiger partial charge in [0.05, 0.1) is 26.3 Å². The number of nitrogens with one attached hydrogen (secondary N) is 3. The maximum absolute atomic E-state index is 12.1. The Labute approximate surface area is 215 Å². The van der Waals surface area contributed by atoms with Crippen LogP contribution in [0.2, 0.25) is 0 Å². The Hall–Kier alpha value is -2.78. The summed E-state index contributed by atoms with van der Waals surface area (Å²) in [6.07, 6.45) is 1.61. The van der Waals surface area contributed by atoms with Crippen molar-refractivity contribution >= 4 is 17.6 Å². The molecule has 0 aliphatic carbocycles. The van der Waals surface area contributed by atoms with E-state index in [1.54, 1.807) is 0 Å². The van der Waals surface area contributed by atoms with Gasteiger partial charge < -0.3 is 30.2 Å². The monoisotopic (exact) mass is 499 g/mol. The quantitative estimate of drug-likeness (QED) is 0.174. The molecular weight excluding hydrogens is 458 g/mol. The molecule has 2 aromatic rings. The van der Waals surface area contributed by atoms with E-state index in [-0.39, 0.29) is 25.0 Å². The highest BCUT2D eigenvalue weighted by atomic mass is 16.5. The van der Waals surface area contributed by atoms with Crippen LogP contribution in [0, 0.1) is 27.7 Å². The van der Waals surface area contributed by atoms with Crippen LogP contribution >= 0.6 is 0 Å². The zero-order valence-corrected chi connectivity index (χ0v) is 22.1. The summed E-state index contributed by atoms with van der Waals surface area (Å²) in [5.74, 6) is 0.301. The number of aryl methyl sites for hydroxylation is 4. The van der Waals surface area contributed by atoms with Gasteiger partial charge in [0.15, 0.2) is 0 Å². The molecule has 2 aromatic carbocycles. The minimum absolute atomic E-state index is 0.0468. The highest BCUT2D eigenvalue weighted by Gasteiger charge is 2.09. The summed E-state index contributed by atoms with van der Waals surface area (Å²) in [6.45, 7) is 11.9. The van der Waals surface area contributed by atoms with Gasteiger partial charge in [-0.25, -0.2) is 0 Å². The lowest BCUT2D eigenvalue weighted by Crippen LogP contribution is -2.29. The minimum Gasteiger partial charge on any atom is -0.425 e. The van der Waals surface area contributed by atoms with Crippen LogP contribution in [0.1, 0.15) is 35.1 Å². The minimum atomic E-state index is -0.293. The maximum atomic E-state index is 12.1. The molecular formula is C28H41N3O5. The maximum Gasteiger partial charge on any atom is 0.325 e. The average Bonchev–Trinajstić information content (AvgIpc) is 2.84. The summed E-state index contributed by atoms with van der Waals surface area (Å²) in [4.78, 5) is 24.1. The van der Waals surface area contributed by atoms with Crippen molar-refractivity contribution in [2.24, 2.45) is 0 Å². The second kappa shape index (κ2) is 16.8. The topological polar surface area (TPSA) is 97.9 Å². The fourth-order valence-corrected chi connectivity index (χ4v) is 3.62. The first kappa shape index (κ1) is 29.5. The Morgan fingerprint density at radius 1 is 0.694 bits per heavy atom. The highest BCUT2D eigenvalue weighted by molar-refractivity contribution is 5.93. The molecule has 0 aromatic heterocycles. The number of carbonyl (C=O) groups excluding carboxylic acids is 2. The standard InChI is InChI=1S/C28H41N3O5/c1-21-9-5-10-22(2)27(21)31-25(32)19-29-13-7-15-34-17-18-35-16-8-14-30-20-26(33)36-28-23(3)11-6-12-24(28)4/h5-6,9-12,29-30H,7-8,13-20H2,1-4H3,(H,31,32). The SMILES string of the molecule is Cc1cccc(C)c1NC(=O)CNCCCOCCOCCCNCC(=O)Oc1c(C)cccc1C. The van der Waals surface area contributed by atoms with Gasteiger partial charge in [0.1, 0.15) is 5.75 Å². The van der Waals surface area contributed by atoms with Crippen molar-refractivity contribution in [3.63, 3.8) is 0 Å². The largest absolute Gasteiger partial charge is 0.425 e. The predicted molar refractivity (Wildman–Crippen MR) is 143 cm³/mol. The number of hydrogen-bond acceptors (Lipinski definition) is 7. The van der Waals surface area contributed by atoms with Crippen LogP contribution in [0.5, 0.6) is 5.75 Å².